The van der Waals surface area contributed by atoms with Gasteiger partial charge in [0, 0.05) is 11.4 Å². The Bertz CT molecular complexity index is 198. The highest BCUT2D eigenvalue weighted by molar-refractivity contribution is 9.10. The molecular formula is C10H17BrO2. The fourth-order valence-electron chi connectivity index (χ4n) is 0.558. The van der Waals surface area contributed by atoms with Crippen molar-refractivity contribution in [3.63, 3.8) is 0 Å². The second-order valence-corrected chi connectivity index (χ2v) is 5.82. The lowest BCUT2D eigenvalue weighted by atomic mass is 9.94. The molecule has 2 nitrogen and oxygen atoms in total. The third kappa shape index (κ3) is 3.68. The molecule has 0 aromatic carbocycles. The Labute approximate surface area is 89.1 Å². The van der Waals surface area contributed by atoms with Crippen molar-refractivity contribution in [2.75, 3.05) is 7.11 Å². The van der Waals surface area contributed by atoms with E-state index in [9.17, 15) is 0 Å². The van der Waals surface area contributed by atoms with Crippen LogP contribution in [0, 0.1) is 12.3 Å². The predicted molar refractivity (Wildman–Crippen MR) is 57.8 cm³/mol. The quantitative estimate of drug-likeness (QED) is 0.433. The predicted octanol–water partition coefficient (Wildman–Crippen LogP) is 2.56. The van der Waals surface area contributed by atoms with E-state index in [1.165, 1.54) is 7.11 Å². The Kier molecular flexibility index (Phi) is 4.44. The molecule has 76 valence electrons. The van der Waals surface area contributed by atoms with E-state index in [-0.39, 0.29) is 9.93 Å². The number of hydrogen-bond acceptors (Lipinski definition) is 2. The van der Waals surface area contributed by atoms with Crippen LogP contribution in [0.5, 0.6) is 0 Å². The molecule has 3 heteroatoms. The van der Waals surface area contributed by atoms with Crippen LogP contribution in [0.15, 0.2) is 0 Å². The third-order valence-corrected chi connectivity index (χ3v) is 3.14. The molecule has 1 atom stereocenters. The van der Waals surface area contributed by atoms with E-state index in [4.69, 9.17) is 15.9 Å². The zero-order chi connectivity index (χ0) is 10.7. The second-order valence-electron chi connectivity index (χ2n) is 3.83. The Hall–Kier alpha value is -0.0400. The number of halogens is 1. The minimum Gasteiger partial charge on any atom is -0.345 e. The number of methoxy groups -OCH3 is 1. The van der Waals surface area contributed by atoms with E-state index >= 15 is 0 Å². The van der Waals surface area contributed by atoms with Gasteiger partial charge in [-0.15, -0.1) is 6.42 Å². The van der Waals surface area contributed by atoms with Crippen LogP contribution < -0.4 is 0 Å². The molecule has 0 aliphatic carbocycles. The van der Waals surface area contributed by atoms with Crippen molar-refractivity contribution in [1.82, 2.24) is 0 Å². The summed E-state index contributed by atoms with van der Waals surface area (Å²) in [5.74, 6) is 2.41. The molecule has 0 rings (SSSR count). The van der Waals surface area contributed by atoms with Gasteiger partial charge in [-0.2, -0.15) is 0 Å². The first-order chi connectivity index (χ1) is 5.74. The van der Waals surface area contributed by atoms with Crippen LogP contribution in [0.4, 0.5) is 0 Å². The highest BCUT2D eigenvalue weighted by atomic mass is 79.9. The molecule has 0 aliphatic rings. The Balaban J connectivity index is 4.43. The smallest absolute Gasteiger partial charge is 0.222 e. The largest absolute Gasteiger partial charge is 0.345 e. The maximum atomic E-state index is 5.60. The van der Waals surface area contributed by atoms with Crippen LogP contribution in [-0.4, -0.2) is 23.3 Å². The minimum atomic E-state index is -0.591. The summed E-state index contributed by atoms with van der Waals surface area (Å²) < 4.78 is 10.4. The molecule has 0 bridgehead atoms. The molecule has 13 heavy (non-hydrogen) atoms. The van der Waals surface area contributed by atoms with Gasteiger partial charge in [-0.25, -0.2) is 0 Å². The summed E-state index contributed by atoms with van der Waals surface area (Å²) in [5.41, 5.74) is -0.389. The van der Waals surface area contributed by atoms with E-state index in [1.54, 1.807) is 0 Å². The van der Waals surface area contributed by atoms with Crippen molar-refractivity contribution in [2.45, 2.75) is 43.9 Å². The van der Waals surface area contributed by atoms with Crippen molar-refractivity contribution in [1.29, 1.82) is 0 Å². The van der Waals surface area contributed by atoms with Gasteiger partial charge in [-0.1, -0.05) is 15.9 Å². The van der Waals surface area contributed by atoms with Gasteiger partial charge in [-0.05, 0) is 33.6 Å². The number of hydrogen-bond donors (Lipinski definition) is 0. The Morgan fingerprint density at radius 3 is 2.00 bits per heavy atom. The fourth-order valence-corrected chi connectivity index (χ4v) is 0.651. The summed E-state index contributed by atoms with van der Waals surface area (Å²) in [7, 11) is 1.53. The highest BCUT2D eigenvalue weighted by Gasteiger charge is 2.37. The average Bonchev–Trinajstić information content (AvgIpc) is 1.98. The maximum Gasteiger partial charge on any atom is 0.222 e. The fraction of sp³-hybridized carbons (Fsp3) is 0.800. The van der Waals surface area contributed by atoms with Crippen LogP contribution in [-0.2, 0) is 9.47 Å². The van der Waals surface area contributed by atoms with E-state index in [1.807, 2.05) is 27.7 Å². The molecule has 0 fully saturated rings. The first-order valence-corrected chi connectivity index (χ1v) is 4.89. The molecule has 0 amide bonds. The van der Waals surface area contributed by atoms with Crippen LogP contribution in [0.2, 0.25) is 0 Å². The second kappa shape index (κ2) is 4.45. The van der Waals surface area contributed by atoms with Crippen molar-refractivity contribution in [3.8, 4) is 12.3 Å². The summed E-state index contributed by atoms with van der Waals surface area (Å²) in [6.07, 6.45) is 4.63. The Morgan fingerprint density at radius 2 is 1.77 bits per heavy atom. The topological polar surface area (TPSA) is 18.5 Å². The molecule has 0 radical (unpaired) electrons. The SMILES string of the molecule is C#CC(OC)OC(C)(C)C(C)(C)Br. The molecule has 0 saturated heterocycles. The van der Waals surface area contributed by atoms with Gasteiger partial charge in [0.05, 0.1) is 5.60 Å². The molecule has 0 aromatic heterocycles. The van der Waals surface area contributed by atoms with Gasteiger partial charge in [0.15, 0.2) is 0 Å². The van der Waals surface area contributed by atoms with Gasteiger partial charge in [-0.3, -0.25) is 0 Å². The number of rotatable bonds is 4. The van der Waals surface area contributed by atoms with E-state index in [0.717, 1.165) is 0 Å². The summed E-state index contributed by atoms with van der Waals surface area (Å²) >= 11 is 3.54. The van der Waals surface area contributed by atoms with Crippen LogP contribution in [0.25, 0.3) is 0 Å². The number of alkyl halides is 1. The average molecular weight is 249 g/mol. The normalized spacial score (nSPS) is 15.2. The van der Waals surface area contributed by atoms with Crippen molar-refractivity contribution >= 4 is 15.9 Å². The van der Waals surface area contributed by atoms with Gasteiger partial charge < -0.3 is 9.47 Å². The van der Waals surface area contributed by atoms with Crippen molar-refractivity contribution < 1.29 is 9.47 Å². The standard InChI is InChI=1S/C10H17BrO2/c1-7-8(12-6)13-10(4,5)9(2,3)11/h1,8H,2-6H3. The summed E-state index contributed by atoms with van der Waals surface area (Å²) in [6, 6.07) is 0. The first kappa shape index (κ1) is 13.0. The molecule has 0 heterocycles. The lowest BCUT2D eigenvalue weighted by molar-refractivity contribution is -0.165. The lowest BCUT2D eigenvalue weighted by Gasteiger charge is -2.38. The van der Waals surface area contributed by atoms with Crippen LogP contribution in [0.1, 0.15) is 27.7 Å². The summed E-state index contributed by atoms with van der Waals surface area (Å²) in [5, 5.41) is 0. The van der Waals surface area contributed by atoms with Gasteiger partial charge >= 0.3 is 0 Å². The summed E-state index contributed by atoms with van der Waals surface area (Å²) in [6.45, 7) is 7.97. The molecule has 0 spiro atoms. The third-order valence-electron chi connectivity index (χ3n) is 2.18. The van der Waals surface area contributed by atoms with E-state index < -0.39 is 6.29 Å². The van der Waals surface area contributed by atoms with Gasteiger partial charge in [0.25, 0.3) is 0 Å². The molecule has 0 N–H and O–H groups in total. The first-order valence-electron chi connectivity index (χ1n) is 4.10. The number of ether oxygens (including phenoxy) is 2. The van der Waals surface area contributed by atoms with Gasteiger partial charge in [0.1, 0.15) is 0 Å². The molecule has 0 saturated carbocycles. The van der Waals surface area contributed by atoms with E-state index in [0.29, 0.717) is 0 Å². The zero-order valence-corrected chi connectivity index (χ0v) is 10.4. The molecule has 1 unspecified atom stereocenters. The Morgan fingerprint density at radius 1 is 1.31 bits per heavy atom. The monoisotopic (exact) mass is 248 g/mol. The minimum absolute atomic E-state index is 0.159. The highest BCUT2D eigenvalue weighted by Crippen LogP contribution is 2.34. The van der Waals surface area contributed by atoms with Crippen molar-refractivity contribution in [2.24, 2.45) is 0 Å². The molecule has 0 aromatic rings. The van der Waals surface area contributed by atoms with Crippen LogP contribution in [0.3, 0.4) is 0 Å². The molecule has 0 aliphatic heterocycles. The van der Waals surface area contributed by atoms with Gasteiger partial charge in [0.2, 0.25) is 6.29 Å². The maximum absolute atomic E-state index is 5.60. The zero-order valence-electron chi connectivity index (χ0n) is 8.85. The number of terminal acetylenes is 1. The van der Waals surface area contributed by atoms with Crippen LogP contribution >= 0.6 is 15.9 Å². The van der Waals surface area contributed by atoms with E-state index in [2.05, 4.69) is 21.9 Å². The molecular weight excluding hydrogens is 232 g/mol. The summed E-state index contributed by atoms with van der Waals surface area (Å²) in [4.78, 5) is 0. The lowest BCUT2D eigenvalue weighted by Crippen LogP contribution is -2.45. The van der Waals surface area contributed by atoms with Crippen molar-refractivity contribution in [3.05, 3.63) is 0 Å².